The number of aliphatic hydroxyl groups is 3. The van der Waals surface area contributed by atoms with E-state index in [1.807, 2.05) is 13.0 Å². The van der Waals surface area contributed by atoms with Crippen LogP contribution in [-0.4, -0.2) is 111 Å². The molecule has 3 aliphatic rings. The number of thioether (sulfide) groups is 1. The van der Waals surface area contributed by atoms with E-state index in [1.165, 1.54) is 9.80 Å². The third-order valence-corrected chi connectivity index (χ3v) is 12.3. The summed E-state index contributed by atoms with van der Waals surface area (Å²) in [6, 6.07) is 2.53. The van der Waals surface area contributed by atoms with Crippen molar-refractivity contribution in [2.24, 2.45) is 11.8 Å². The van der Waals surface area contributed by atoms with Crippen molar-refractivity contribution in [3.63, 3.8) is 0 Å². The van der Waals surface area contributed by atoms with Crippen molar-refractivity contribution >= 4 is 52.9 Å². The first-order valence-electron chi connectivity index (χ1n) is 18.4. The predicted molar refractivity (Wildman–Crippen MR) is 207 cm³/mol. The molecule has 4 rings (SSSR count). The molecule has 0 radical (unpaired) electrons. The topological polar surface area (TPSA) is 178 Å². The summed E-state index contributed by atoms with van der Waals surface area (Å²) in [5, 5.41) is 35.3. The normalized spacial score (nSPS) is 31.0. The van der Waals surface area contributed by atoms with Gasteiger partial charge in [-0.15, -0.1) is 0 Å². The van der Waals surface area contributed by atoms with Crippen molar-refractivity contribution in [2.75, 3.05) is 31.4 Å². The van der Waals surface area contributed by atoms with Crippen LogP contribution in [0.25, 0.3) is 0 Å². The number of carbonyl (C=O) groups excluding carboxylic acids is 4. The van der Waals surface area contributed by atoms with Gasteiger partial charge in [0.2, 0.25) is 11.8 Å². The van der Waals surface area contributed by atoms with E-state index in [4.69, 9.17) is 25.8 Å². The maximum Gasteiger partial charge on any atom is 0.409 e. The van der Waals surface area contributed by atoms with Gasteiger partial charge in [-0.3, -0.25) is 14.9 Å². The molecule has 0 unspecified atom stereocenters. The maximum atomic E-state index is 14.1. The Balaban J connectivity index is 1.71. The fourth-order valence-electron chi connectivity index (χ4n) is 7.03. The van der Waals surface area contributed by atoms with E-state index in [1.54, 1.807) is 70.9 Å². The van der Waals surface area contributed by atoms with Crippen LogP contribution in [0.4, 0.5) is 10.5 Å². The number of rotatable bonds is 10. The Kier molecular flexibility index (Phi) is 14.7. The molecular formula is C39H56ClN3O10S. The highest BCUT2D eigenvalue weighted by Crippen LogP contribution is 2.49. The molecule has 1 aromatic rings. The second-order valence-electron chi connectivity index (χ2n) is 15.2. The Morgan fingerprint density at radius 2 is 1.93 bits per heavy atom. The minimum Gasteiger partial charge on any atom is -0.457 e. The first kappa shape index (κ1) is 43.6. The fourth-order valence-corrected chi connectivity index (χ4v) is 8.10. The van der Waals surface area contributed by atoms with E-state index in [2.05, 4.69) is 19.2 Å². The molecule has 3 amide bonds. The number of nitrogens with one attached hydrogen (secondary N) is 1. The number of esters is 1. The van der Waals surface area contributed by atoms with Gasteiger partial charge < -0.3 is 39.3 Å². The largest absolute Gasteiger partial charge is 0.457 e. The van der Waals surface area contributed by atoms with E-state index in [0.717, 1.165) is 16.9 Å². The zero-order chi connectivity index (χ0) is 40.1. The van der Waals surface area contributed by atoms with Gasteiger partial charge in [0.25, 0.3) is 0 Å². The molecule has 0 spiro atoms. The minimum absolute atomic E-state index is 0.0892. The van der Waals surface area contributed by atoms with Crippen molar-refractivity contribution in [1.29, 1.82) is 0 Å². The van der Waals surface area contributed by atoms with E-state index < -0.39 is 72.1 Å². The number of aliphatic hydroxyl groups excluding tert-OH is 2. The number of fused-ring (bicyclic) bond motifs is 5. The summed E-state index contributed by atoms with van der Waals surface area (Å²) in [4.78, 5) is 56.4. The molecule has 4 bridgehead atoms. The summed E-state index contributed by atoms with van der Waals surface area (Å²) in [5.74, 6) is -2.04. The van der Waals surface area contributed by atoms with Crippen LogP contribution in [0.15, 0.2) is 35.9 Å². The van der Waals surface area contributed by atoms with Crippen LogP contribution < -0.4 is 10.2 Å². The quantitative estimate of drug-likeness (QED) is 0.149. The summed E-state index contributed by atoms with van der Waals surface area (Å²) in [7, 11) is 3.09. The van der Waals surface area contributed by atoms with Crippen molar-refractivity contribution in [3.05, 3.63) is 52.1 Å². The molecule has 0 saturated carbocycles. The SMILES string of the molecule is C/C1=C\C=C\[C@@H](CO)[C@@]2(O)C[C@H](OC(=O)N2)[C@@H](C)[C@@H]2O[C@@]2(C)[C@@H](OC(=O)[C@H](C)N(C)C(=O)CCCSC(C)C)CC(=O)N(C)c2cc(cc(CO)c2Cl)C1. The third-order valence-electron chi connectivity index (χ3n) is 10.7. The van der Waals surface area contributed by atoms with E-state index in [-0.39, 0.29) is 36.8 Å². The molecular weight excluding hydrogens is 738 g/mol. The zero-order valence-electron chi connectivity index (χ0n) is 32.5. The highest BCUT2D eigenvalue weighted by Gasteiger charge is 2.64. The number of alkyl carbamates (subject to hydrolysis) is 1. The number of likely N-dealkylation sites (N-methyl/N-ethyl adjacent to an activating group) is 1. The highest BCUT2D eigenvalue weighted by molar-refractivity contribution is 7.99. The second kappa shape index (κ2) is 18.2. The van der Waals surface area contributed by atoms with Gasteiger partial charge in [0.15, 0.2) is 5.72 Å². The van der Waals surface area contributed by atoms with Crippen LogP contribution in [0, 0.1) is 11.8 Å². The third kappa shape index (κ3) is 10.2. The Morgan fingerprint density at radius 3 is 2.57 bits per heavy atom. The molecule has 3 aliphatic heterocycles. The van der Waals surface area contributed by atoms with Gasteiger partial charge in [-0.25, -0.2) is 9.59 Å². The van der Waals surface area contributed by atoms with Crippen molar-refractivity contribution in [1.82, 2.24) is 10.2 Å². The van der Waals surface area contributed by atoms with Crippen LogP contribution in [0.1, 0.15) is 78.4 Å². The number of halogens is 1. The second-order valence-corrected chi connectivity index (χ2v) is 17.2. The van der Waals surface area contributed by atoms with Crippen LogP contribution in [0.2, 0.25) is 5.02 Å². The number of nitrogens with zero attached hydrogens (tertiary/aromatic N) is 2. The van der Waals surface area contributed by atoms with E-state index in [0.29, 0.717) is 29.3 Å². The number of benzene rings is 1. The molecule has 8 atom stereocenters. The summed E-state index contributed by atoms with van der Waals surface area (Å²) >= 11 is 8.48. The lowest BCUT2D eigenvalue weighted by Crippen LogP contribution is -2.62. The molecule has 0 aliphatic carbocycles. The minimum atomic E-state index is -1.86. The lowest BCUT2D eigenvalue weighted by atomic mass is 9.81. The van der Waals surface area contributed by atoms with Crippen LogP contribution in [0.3, 0.4) is 0 Å². The predicted octanol–water partition coefficient (Wildman–Crippen LogP) is 4.51. The fraction of sp³-hybridized carbons (Fsp3) is 0.641. The average Bonchev–Trinajstić information content (AvgIpc) is 3.81. The first-order chi connectivity index (χ1) is 25.3. The lowest BCUT2D eigenvalue weighted by molar-refractivity contribution is -0.162. The summed E-state index contributed by atoms with van der Waals surface area (Å²) < 4.78 is 18.0. The monoisotopic (exact) mass is 793 g/mol. The highest BCUT2D eigenvalue weighted by atomic mass is 35.5. The van der Waals surface area contributed by atoms with Crippen LogP contribution >= 0.6 is 23.4 Å². The molecule has 4 N–H and O–H groups in total. The molecule has 54 heavy (non-hydrogen) atoms. The molecule has 13 nitrogen and oxygen atoms in total. The molecule has 3 heterocycles. The smallest absolute Gasteiger partial charge is 0.409 e. The number of allylic oxidation sites excluding steroid dienone is 3. The van der Waals surface area contributed by atoms with Gasteiger partial charge in [0.1, 0.15) is 23.9 Å². The van der Waals surface area contributed by atoms with E-state index >= 15 is 0 Å². The summed E-state index contributed by atoms with van der Waals surface area (Å²) in [6.45, 7) is 10.3. The standard InChI is InChI=1S/C39H56ClN3O10S/c1-22(2)54-14-10-13-32(46)42(7)25(5)36(48)52-31-18-33(47)43(8)29-17-26(16-27(20-44)34(29)40)15-23(3)11-9-12-28(21-45)39(50)19-30(51-37(49)41-39)24(4)35-38(31,6)53-35/h9,11-12,16-17,22,24-25,28,30-31,35,44-45,50H,10,13-15,18-21H2,1-8H3,(H,41,49)/b12-9+,23-11+/t24-,25+,28+,30+,31+,35+,38+,39+/m1/s1. The Bertz CT molecular complexity index is 1620. The zero-order valence-corrected chi connectivity index (χ0v) is 34.0. The molecule has 2 fully saturated rings. The Labute approximate surface area is 327 Å². The average molecular weight is 794 g/mol. The van der Waals surface area contributed by atoms with Gasteiger partial charge in [-0.2, -0.15) is 11.8 Å². The molecule has 1 aromatic carbocycles. The number of amides is 3. The van der Waals surface area contributed by atoms with Crippen LogP contribution in [0.5, 0.6) is 0 Å². The number of anilines is 1. The Morgan fingerprint density at radius 1 is 1.22 bits per heavy atom. The number of carbonyl (C=O) groups is 4. The van der Waals surface area contributed by atoms with Gasteiger partial charge in [-0.1, -0.05) is 62.2 Å². The van der Waals surface area contributed by atoms with Crippen molar-refractivity contribution in [2.45, 2.75) is 121 Å². The maximum absolute atomic E-state index is 14.1. The van der Waals surface area contributed by atoms with Gasteiger partial charge in [-0.05, 0) is 61.8 Å². The number of hydrogen-bond donors (Lipinski definition) is 4. The summed E-state index contributed by atoms with van der Waals surface area (Å²) in [6.07, 6.45) is 2.44. The van der Waals surface area contributed by atoms with Gasteiger partial charge >= 0.3 is 12.1 Å². The molecule has 300 valence electrons. The van der Waals surface area contributed by atoms with Gasteiger partial charge in [0, 0.05) is 38.8 Å². The molecule has 15 heteroatoms. The Hall–Kier alpha value is -3.14. The van der Waals surface area contributed by atoms with Crippen molar-refractivity contribution < 1.29 is 48.7 Å². The molecule has 0 aromatic heterocycles. The molecule has 2 saturated heterocycles. The van der Waals surface area contributed by atoms with E-state index in [9.17, 15) is 34.5 Å². The number of epoxide rings is 1. The number of hydrogen-bond acceptors (Lipinski definition) is 11. The lowest BCUT2D eigenvalue weighted by Gasteiger charge is -2.42. The first-order valence-corrected chi connectivity index (χ1v) is 19.9. The summed E-state index contributed by atoms with van der Waals surface area (Å²) in [5.41, 5.74) is -0.688. The van der Waals surface area contributed by atoms with Gasteiger partial charge in [0.05, 0.1) is 36.4 Å². The van der Waals surface area contributed by atoms with Crippen LogP contribution in [-0.2, 0) is 41.6 Å². The number of ether oxygens (including phenoxy) is 3. The van der Waals surface area contributed by atoms with Crippen molar-refractivity contribution in [3.8, 4) is 0 Å².